The molecule has 2 aromatic rings. The zero-order valence-corrected chi connectivity index (χ0v) is 14.0. The highest BCUT2D eigenvalue weighted by Gasteiger charge is 2.20. The molecule has 0 radical (unpaired) electrons. The molecule has 0 unspecified atom stereocenters. The quantitative estimate of drug-likeness (QED) is 0.551. The summed E-state index contributed by atoms with van der Waals surface area (Å²) in [6.07, 6.45) is 0. The molecule has 1 amide bonds. The van der Waals surface area contributed by atoms with Crippen molar-refractivity contribution in [1.29, 1.82) is 0 Å². The molecule has 3 N–H and O–H groups in total. The number of fused-ring (bicyclic) bond motifs is 1. The van der Waals surface area contributed by atoms with E-state index in [2.05, 4.69) is 11.9 Å². The summed E-state index contributed by atoms with van der Waals surface area (Å²) in [5.74, 6) is -0.477. The maximum Gasteiger partial charge on any atom is 0.295 e. The van der Waals surface area contributed by atoms with Gasteiger partial charge < -0.3 is 5.32 Å². The maximum absolute atomic E-state index is 11.6. The van der Waals surface area contributed by atoms with Crippen molar-refractivity contribution in [3.63, 3.8) is 0 Å². The Labute approximate surface area is 138 Å². The van der Waals surface area contributed by atoms with E-state index in [-0.39, 0.29) is 22.0 Å². The molecule has 128 valence electrons. The number of hydrogen-bond donors (Lipinski definition) is 3. The van der Waals surface area contributed by atoms with Gasteiger partial charge in [0.15, 0.2) is 0 Å². The van der Waals surface area contributed by atoms with Crippen LogP contribution in [-0.2, 0) is 25.0 Å². The lowest BCUT2D eigenvalue weighted by Crippen LogP contribution is -2.11. The van der Waals surface area contributed by atoms with Gasteiger partial charge in [-0.2, -0.15) is 16.8 Å². The normalized spacial score (nSPS) is 12.1. The van der Waals surface area contributed by atoms with Gasteiger partial charge in [-0.05, 0) is 36.6 Å². The lowest BCUT2D eigenvalue weighted by Gasteiger charge is -2.10. The first-order valence-corrected chi connectivity index (χ1v) is 9.27. The first-order valence-electron chi connectivity index (χ1n) is 6.39. The Bertz CT molecular complexity index is 1070. The van der Waals surface area contributed by atoms with Crippen LogP contribution in [-0.4, -0.2) is 31.8 Å². The number of nitrogens with one attached hydrogen (secondary N) is 1. The third-order valence-electron chi connectivity index (χ3n) is 3.11. The fraction of sp³-hybridized carbons (Fsp3) is 0.0714. The zero-order chi connectivity index (χ0) is 18.3. The van der Waals surface area contributed by atoms with Crippen molar-refractivity contribution in [2.75, 3.05) is 5.32 Å². The molecule has 0 spiro atoms. The second-order valence-electron chi connectivity index (χ2n) is 5.04. The lowest BCUT2D eigenvalue weighted by molar-refractivity contribution is -0.112. The fourth-order valence-electron chi connectivity index (χ4n) is 1.99. The molecule has 0 saturated heterocycles. The Kier molecular flexibility index (Phi) is 4.50. The Balaban J connectivity index is 2.75. The van der Waals surface area contributed by atoms with Crippen molar-refractivity contribution in [3.05, 3.63) is 42.5 Å². The number of rotatable bonds is 4. The summed E-state index contributed by atoms with van der Waals surface area (Å²) >= 11 is 0. The van der Waals surface area contributed by atoms with Crippen LogP contribution < -0.4 is 5.32 Å². The highest BCUT2D eigenvalue weighted by Crippen LogP contribution is 2.29. The van der Waals surface area contributed by atoms with Crippen LogP contribution in [0, 0.1) is 0 Å². The molecule has 0 aliphatic heterocycles. The summed E-state index contributed by atoms with van der Waals surface area (Å²) in [6, 6.07) is 5.65. The van der Waals surface area contributed by atoms with E-state index >= 15 is 0 Å². The van der Waals surface area contributed by atoms with Gasteiger partial charge in [0.25, 0.3) is 26.1 Å². The second kappa shape index (κ2) is 5.98. The molecule has 0 saturated carbocycles. The van der Waals surface area contributed by atoms with Crippen LogP contribution in [0.1, 0.15) is 6.92 Å². The first kappa shape index (κ1) is 18.1. The molecule has 2 aromatic carbocycles. The van der Waals surface area contributed by atoms with E-state index in [0.717, 1.165) is 6.07 Å². The van der Waals surface area contributed by atoms with Crippen molar-refractivity contribution in [2.24, 2.45) is 0 Å². The molecule has 0 heterocycles. The molecule has 0 aromatic heterocycles. The van der Waals surface area contributed by atoms with E-state index in [0.29, 0.717) is 6.07 Å². The van der Waals surface area contributed by atoms with Crippen molar-refractivity contribution < 1.29 is 30.7 Å². The summed E-state index contributed by atoms with van der Waals surface area (Å²) < 4.78 is 64.0. The predicted molar refractivity (Wildman–Crippen MR) is 87.0 cm³/mol. The van der Waals surface area contributed by atoms with Gasteiger partial charge in [0, 0.05) is 16.6 Å². The van der Waals surface area contributed by atoms with Gasteiger partial charge in [-0.3, -0.25) is 13.9 Å². The monoisotopic (exact) mass is 371 g/mol. The SMILES string of the molecule is C=C(C)C(=O)Nc1ccc2c(S(=O)(=O)O)cc(S(=O)(=O)O)cc2c1. The fourth-order valence-corrected chi connectivity index (χ4v) is 3.34. The minimum absolute atomic E-state index is 0.0261. The van der Waals surface area contributed by atoms with Gasteiger partial charge in [-0.15, -0.1) is 0 Å². The molecule has 10 heteroatoms. The molecule has 24 heavy (non-hydrogen) atoms. The van der Waals surface area contributed by atoms with Crippen LogP contribution in [0.4, 0.5) is 5.69 Å². The summed E-state index contributed by atoms with van der Waals surface area (Å²) in [4.78, 5) is 10.2. The molecule has 0 bridgehead atoms. The molecule has 2 rings (SSSR count). The average molecular weight is 371 g/mol. The smallest absolute Gasteiger partial charge is 0.295 e. The first-order chi connectivity index (χ1) is 10.9. The number of amides is 1. The Hall–Kier alpha value is -2.27. The maximum atomic E-state index is 11.6. The minimum Gasteiger partial charge on any atom is -0.322 e. The largest absolute Gasteiger partial charge is 0.322 e. The van der Waals surface area contributed by atoms with Crippen molar-refractivity contribution in [1.82, 2.24) is 0 Å². The summed E-state index contributed by atoms with van der Waals surface area (Å²) in [7, 11) is -9.44. The van der Waals surface area contributed by atoms with Gasteiger partial charge in [-0.25, -0.2) is 0 Å². The number of anilines is 1. The van der Waals surface area contributed by atoms with Gasteiger partial charge >= 0.3 is 0 Å². The van der Waals surface area contributed by atoms with Crippen LogP contribution in [0.5, 0.6) is 0 Å². The van der Waals surface area contributed by atoms with Crippen molar-refractivity contribution in [3.8, 4) is 0 Å². The standard InChI is InChI=1S/C14H13NO7S2/c1-8(2)14(16)15-10-3-4-12-9(5-10)6-11(23(17,18)19)7-13(12)24(20,21)22/h3-7H,1H2,2H3,(H,15,16)(H,17,18,19)(H,20,21,22). The van der Waals surface area contributed by atoms with Crippen LogP contribution in [0.25, 0.3) is 10.8 Å². The van der Waals surface area contributed by atoms with E-state index in [9.17, 15) is 26.2 Å². The molecule has 0 aliphatic carbocycles. The molecule has 0 aliphatic rings. The van der Waals surface area contributed by atoms with Crippen LogP contribution in [0.2, 0.25) is 0 Å². The molecular formula is C14H13NO7S2. The Morgan fingerprint density at radius 2 is 1.67 bits per heavy atom. The Morgan fingerprint density at radius 1 is 1.04 bits per heavy atom. The third kappa shape index (κ3) is 3.79. The van der Waals surface area contributed by atoms with E-state index in [1.54, 1.807) is 0 Å². The summed E-state index contributed by atoms with van der Waals surface area (Å²) in [5, 5.41) is 2.59. The van der Waals surface area contributed by atoms with Gasteiger partial charge in [0.05, 0.1) is 4.90 Å². The molecule has 0 fully saturated rings. The van der Waals surface area contributed by atoms with Gasteiger partial charge in [-0.1, -0.05) is 12.6 Å². The van der Waals surface area contributed by atoms with E-state index in [1.807, 2.05) is 0 Å². The zero-order valence-electron chi connectivity index (χ0n) is 12.3. The molecular weight excluding hydrogens is 358 g/mol. The highest BCUT2D eigenvalue weighted by atomic mass is 32.2. The minimum atomic E-state index is -4.74. The van der Waals surface area contributed by atoms with Crippen LogP contribution in [0.3, 0.4) is 0 Å². The average Bonchev–Trinajstić information content (AvgIpc) is 2.43. The van der Waals surface area contributed by atoms with Crippen molar-refractivity contribution >= 4 is 42.6 Å². The molecule has 0 atom stereocenters. The Morgan fingerprint density at radius 3 is 2.17 bits per heavy atom. The van der Waals surface area contributed by atoms with Crippen molar-refractivity contribution in [2.45, 2.75) is 16.7 Å². The molecule has 8 nitrogen and oxygen atoms in total. The second-order valence-corrected chi connectivity index (χ2v) is 7.85. The topological polar surface area (TPSA) is 138 Å². The number of carbonyl (C=O) groups is 1. The van der Waals surface area contributed by atoms with E-state index in [1.165, 1.54) is 25.1 Å². The van der Waals surface area contributed by atoms with Crippen LogP contribution >= 0.6 is 0 Å². The lowest BCUT2D eigenvalue weighted by atomic mass is 10.1. The van der Waals surface area contributed by atoms with Gasteiger partial charge in [0.1, 0.15) is 4.90 Å². The highest BCUT2D eigenvalue weighted by molar-refractivity contribution is 7.86. The number of carbonyl (C=O) groups excluding carboxylic acids is 1. The summed E-state index contributed by atoms with van der Waals surface area (Å²) in [6.45, 7) is 4.96. The van der Waals surface area contributed by atoms with E-state index in [4.69, 9.17) is 4.55 Å². The van der Waals surface area contributed by atoms with Crippen LogP contribution in [0.15, 0.2) is 52.3 Å². The van der Waals surface area contributed by atoms with E-state index < -0.39 is 35.9 Å². The van der Waals surface area contributed by atoms with Gasteiger partial charge in [0.2, 0.25) is 0 Å². The number of hydrogen-bond acceptors (Lipinski definition) is 5. The summed E-state index contributed by atoms with van der Waals surface area (Å²) in [5.41, 5.74) is 0.490. The predicted octanol–water partition coefficient (Wildman–Crippen LogP) is 1.85. The number of benzene rings is 2. The third-order valence-corrected chi connectivity index (χ3v) is 4.83.